The second-order valence-corrected chi connectivity index (χ2v) is 7.14. The zero-order valence-electron chi connectivity index (χ0n) is 14.8. The topological polar surface area (TPSA) is 67.9 Å². The Kier molecular flexibility index (Phi) is 6.98. The van der Waals surface area contributed by atoms with Crippen LogP contribution in [0.3, 0.4) is 0 Å². The van der Waals surface area contributed by atoms with E-state index in [9.17, 15) is 9.59 Å². The number of anilines is 1. The van der Waals surface area contributed by atoms with Crippen molar-refractivity contribution >= 4 is 33.8 Å². The molecule has 1 saturated heterocycles. The van der Waals surface area contributed by atoms with E-state index in [1.807, 2.05) is 24.3 Å². The largest absolute Gasteiger partial charge is 0.483 e. The van der Waals surface area contributed by atoms with Gasteiger partial charge in [0.15, 0.2) is 12.9 Å². The van der Waals surface area contributed by atoms with Gasteiger partial charge in [0.1, 0.15) is 5.75 Å². The Labute approximate surface area is 166 Å². The monoisotopic (exact) mass is 432 g/mol. The molecule has 0 atom stereocenters. The minimum Gasteiger partial charge on any atom is -0.483 e. The van der Waals surface area contributed by atoms with Crippen LogP contribution in [0.5, 0.6) is 5.75 Å². The molecule has 2 aromatic rings. The zero-order chi connectivity index (χ0) is 19.1. The van der Waals surface area contributed by atoms with Crippen LogP contribution in [0.15, 0.2) is 46.9 Å². The van der Waals surface area contributed by atoms with E-state index in [1.165, 1.54) is 5.56 Å². The molecule has 6 nitrogen and oxygen atoms in total. The van der Waals surface area contributed by atoms with Gasteiger partial charge >= 0.3 is 0 Å². The summed E-state index contributed by atoms with van der Waals surface area (Å²) in [6.45, 7) is 4.14. The van der Waals surface area contributed by atoms with E-state index in [2.05, 4.69) is 26.1 Å². The quantitative estimate of drug-likeness (QED) is 0.680. The first-order valence-electron chi connectivity index (χ1n) is 8.70. The summed E-state index contributed by atoms with van der Waals surface area (Å²) < 4.78 is 11.6. The highest BCUT2D eigenvalue weighted by molar-refractivity contribution is 9.10. The van der Waals surface area contributed by atoms with E-state index in [0.29, 0.717) is 23.3 Å². The number of morpholine rings is 1. The fourth-order valence-electron chi connectivity index (χ4n) is 2.79. The van der Waals surface area contributed by atoms with Crippen LogP contribution in [-0.2, 0) is 16.1 Å². The third-order valence-corrected chi connectivity index (χ3v) is 4.70. The molecule has 1 N–H and O–H groups in total. The number of rotatable bonds is 7. The van der Waals surface area contributed by atoms with Crippen molar-refractivity contribution in [3.05, 3.63) is 58.1 Å². The number of carbonyl (C=O) groups excluding carboxylic acids is 2. The number of benzene rings is 2. The highest BCUT2D eigenvalue weighted by Crippen LogP contribution is 2.21. The van der Waals surface area contributed by atoms with Gasteiger partial charge < -0.3 is 14.8 Å². The van der Waals surface area contributed by atoms with E-state index in [0.717, 1.165) is 37.3 Å². The summed E-state index contributed by atoms with van der Waals surface area (Å²) in [5.41, 5.74) is 2.29. The summed E-state index contributed by atoms with van der Waals surface area (Å²) in [6.07, 6.45) is 0.700. The van der Waals surface area contributed by atoms with Crippen LogP contribution in [0.2, 0.25) is 0 Å². The second kappa shape index (κ2) is 9.64. The molecule has 27 heavy (non-hydrogen) atoms. The molecule has 1 amide bonds. The molecule has 1 aliphatic rings. The van der Waals surface area contributed by atoms with Crippen molar-refractivity contribution in [2.75, 3.05) is 38.2 Å². The van der Waals surface area contributed by atoms with Crippen molar-refractivity contribution in [2.45, 2.75) is 6.54 Å². The molecule has 0 spiro atoms. The van der Waals surface area contributed by atoms with Crippen molar-refractivity contribution in [3.63, 3.8) is 0 Å². The lowest BCUT2D eigenvalue weighted by molar-refractivity contribution is -0.118. The maximum Gasteiger partial charge on any atom is 0.262 e. The molecule has 2 aromatic carbocycles. The average molecular weight is 433 g/mol. The van der Waals surface area contributed by atoms with Crippen LogP contribution in [0.1, 0.15) is 15.9 Å². The molecule has 0 unspecified atom stereocenters. The fraction of sp³-hybridized carbons (Fsp3) is 0.300. The Balaban J connectivity index is 1.49. The Hall–Kier alpha value is -2.22. The molecule has 3 rings (SSSR count). The first kappa shape index (κ1) is 19.5. The molecule has 0 aromatic heterocycles. The minimum atomic E-state index is -0.282. The second-order valence-electron chi connectivity index (χ2n) is 6.22. The van der Waals surface area contributed by atoms with E-state index in [-0.39, 0.29) is 12.5 Å². The molecule has 0 radical (unpaired) electrons. The lowest BCUT2D eigenvalue weighted by atomic mass is 10.2. The lowest BCUT2D eigenvalue weighted by Crippen LogP contribution is -2.35. The van der Waals surface area contributed by atoms with Crippen molar-refractivity contribution in [2.24, 2.45) is 0 Å². The fourth-order valence-corrected chi connectivity index (χ4v) is 3.17. The Morgan fingerprint density at radius 1 is 1.19 bits per heavy atom. The zero-order valence-corrected chi connectivity index (χ0v) is 16.4. The predicted molar refractivity (Wildman–Crippen MR) is 106 cm³/mol. The summed E-state index contributed by atoms with van der Waals surface area (Å²) in [5, 5.41) is 2.80. The SMILES string of the molecule is O=Cc1cc(Br)ccc1OCC(=O)Nc1ccc(CN2CCOCC2)cc1. The molecular weight excluding hydrogens is 412 g/mol. The standard InChI is InChI=1S/C20H21BrN2O4/c21-17-3-6-19(16(11-17)13-24)27-14-20(25)22-18-4-1-15(2-5-18)12-23-7-9-26-10-8-23/h1-6,11,13H,7-10,12,14H2,(H,22,25). The Morgan fingerprint density at radius 2 is 1.93 bits per heavy atom. The van der Waals surface area contributed by atoms with Gasteiger partial charge in [-0.1, -0.05) is 28.1 Å². The van der Waals surface area contributed by atoms with Crippen LogP contribution < -0.4 is 10.1 Å². The number of carbonyl (C=O) groups is 2. The molecular formula is C20H21BrN2O4. The minimum absolute atomic E-state index is 0.169. The van der Waals surface area contributed by atoms with Crippen LogP contribution in [0.25, 0.3) is 0 Å². The molecule has 7 heteroatoms. The summed E-state index contributed by atoms with van der Waals surface area (Å²) in [6, 6.07) is 12.8. The molecule has 0 aliphatic carbocycles. The summed E-state index contributed by atoms with van der Waals surface area (Å²) in [7, 11) is 0. The smallest absolute Gasteiger partial charge is 0.262 e. The van der Waals surface area contributed by atoms with E-state index < -0.39 is 0 Å². The summed E-state index contributed by atoms with van der Waals surface area (Å²) in [4.78, 5) is 25.5. The highest BCUT2D eigenvalue weighted by atomic mass is 79.9. The van der Waals surface area contributed by atoms with Crippen LogP contribution in [0, 0.1) is 0 Å². The van der Waals surface area contributed by atoms with E-state index in [1.54, 1.807) is 18.2 Å². The molecule has 1 heterocycles. The maximum absolute atomic E-state index is 12.1. The number of ether oxygens (including phenoxy) is 2. The third-order valence-electron chi connectivity index (χ3n) is 4.21. The summed E-state index contributed by atoms with van der Waals surface area (Å²) in [5.74, 6) is 0.0971. The lowest BCUT2D eigenvalue weighted by Gasteiger charge is -2.26. The van der Waals surface area contributed by atoms with Gasteiger partial charge in [-0.2, -0.15) is 0 Å². The van der Waals surface area contributed by atoms with Crippen molar-refractivity contribution in [1.82, 2.24) is 4.90 Å². The van der Waals surface area contributed by atoms with Gasteiger partial charge in [-0.25, -0.2) is 0 Å². The van der Waals surface area contributed by atoms with Gasteiger partial charge in [-0.15, -0.1) is 0 Å². The van der Waals surface area contributed by atoms with Crippen molar-refractivity contribution in [1.29, 1.82) is 0 Å². The molecule has 0 saturated carbocycles. The maximum atomic E-state index is 12.1. The predicted octanol–water partition coefficient (Wildman–Crippen LogP) is 3.11. The molecule has 0 bridgehead atoms. The Bertz CT molecular complexity index is 789. The Morgan fingerprint density at radius 3 is 2.63 bits per heavy atom. The highest BCUT2D eigenvalue weighted by Gasteiger charge is 2.11. The van der Waals surface area contributed by atoms with E-state index in [4.69, 9.17) is 9.47 Å². The van der Waals surface area contributed by atoms with Gasteiger partial charge in [-0.3, -0.25) is 14.5 Å². The number of halogens is 1. The van der Waals surface area contributed by atoms with Crippen LogP contribution in [0.4, 0.5) is 5.69 Å². The number of nitrogens with zero attached hydrogens (tertiary/aromatic N) is 1. The normalized spacial score (nSPS) is 14.6. The van der Waals surface area contributed by atoms with E-state index >= 15 is 0 Å². The third kappa shape index (κ3) is 5.89. The number of aldehydes is 1. The van der Waals surface area contributed by atoms with Gasteiger partial charge in [-0.05, 0) is 35.9 Å². The van der Waals surface area contributed by atoms with Crippen molar-refractivity contribution in [3.8, 4) is 5.75 Å². The number of amides is 1. The molecule has 1 aliphatic heterocycles. The average Bonchev–Trinajstić information content (AvgIpc) is 2.69. The number of hydrogen-bond donors (Lipinski definition) is 1. The summed E-state index contributed by atoms with van der Waals surface area (Å²) >= 11 is 3.30. The van der Waals surface area contributed by atoms with Crippen LogP contribution in [-0.4, -0.2) is 50.0 Å². The van der Waals surface area contributed by atoms with Gasteiger partial charge in [0, 0.05) is 29.8 Å². The first-order chi connectivity index (χ1) is 13.1. The first-order valence-corrected chi connectivity index (χ1v) is 9.50. The van der Waals surface area contributed by atoms with Gasteiger partial charge in [0.05, 0.1) is 18.8 Å². The number of nitrogens with one attached hydrogen (secondary N) is 1. The van der Waals surface area contributed by atoms with Crippen molar-refractivity contribution < 1.29 is 19.1 Å². The van der Waals surface area contributed by atoms with Crippen LogP contribution >= 0.6 is 15.9 Å². The molecule has 1 fully saturated rings. The van der Waals surface area contributed by atoms with Gasteiger partial charge in [0.2, 0.25) is 0 Å². The number of hydrogen-bond acceptors (Lipinski definition) is 5. The van der Waals surface area contributed by atoms with Gasteiger partial charge in [0.25, 0.3) is 5.91 Å². The molecule has 142 valence electrons.